The van der Waals surface area contributed by atoms with Crippen LogP contribution in [0.2, 0.25) is 0 Å². The van der Waals surface area contributed by atoms with Gasteiger partial charge in [0.2, 0.25) is 0 Å². The average Bonchev–Trinajstić information content (AvgIpc) is 2.64. The number of rotatable bonds is 2. The van der Waals surface area contributed by atoms with Gasteiger partial charge >= 0.3 is 0 Å². The Morgan fingerprint density at radius 1 is 1.24 bits per heavy atom. The number of aromatic nitrogens is 1. The van der Waals surface area contributed by atoms with Gasteiger partial charge in [-0.25, -0.2) is 0 Å². The Hall–Kier alpha value is -1.68. The molecule has 0 spiro atoms. The monoisotopic (exact) mass is 232 g/mol. The minimum absolute atomic E-state index is 0.631. The van der Waals surface area contributed by atoms with Crippen LogP contribution in [0.1, 0.15) is 5.56 Å². The van der Waals surface area contributed by atoms with Crippen molar-refractivity contribution in [1.82, 2.24) is 9.88 Å². The van der Waals surface area contributed by atoms with Crippen LogP contribution in [0.25, 0.3) is 10.9 Å². The Bertz CT molecular complexity index is 560. The summed E-state index contributed by atoms with van der Waals surface area (Å²) < 4.78 is 13.3. The summed E-state index contributed by atoms with van der Waals surface area (Å²) in [5.74, 6) is 1.70. The van der Waals surface area contributed by atoms with Crippen molar-refractivity contribution in [1.29, 1.82) is 0 Å². The highest BCUT2D eigenvalue weighted by molar-refractivity contribution is 5.87. The Labute approximate surface area is 100 Å². The molecule has 90 valence electrons. The highest BCUT2D eigenvalue weighted by Crippen LogP contribution is 2.36. The van der Waals surface area contributed by atoms with Crippen LogP contribution in [0.15, 0.2) is 18.3 Å². The fourth-order valence-electron chi connectivity index (χ4n) is 2.33. The van der Waals surface area contributed by atoms with Crippen molar-refractivity contribution in [3.8, 4) is 11.5 Å². The maximum atomic E-state index is 5.62. The number of fused-ring (bicyclic) bond motifs is 2. The number of nitrogens with zero attached hydrogens (tertiary/aromatic N) is 1. The topological polar surface area (TPSA) is 35.4 Å². The van der Waals surface area contributed by atoms with Gasteiger partial charge < -0.3 is 19.4 Å². The summed E-state index contributed by atoms with van der Waals surface area (Å²) in [4.78, 5) is 0. The van der Waals surface area contributed by atoms with Gasteiger partial charge in [0.1, 0.15) is 13.2 Å². The molecule has 4 nitrogen and oxygen atoms in total. The number of ether oxygens (including phenoxy) is 2. The maximum absolute atomic E-state index is 5.62. The lowest BCUT2D eigenvalue weighted by molar-refractivity contribution is 0.172. The summed E-state index contributed by atoms with van der Waals surface area (Å²) in [6.07, 6.45) is 2.15. The van der Waals surface area contributed by atoms with Crippen molar-refractivity contribution in [3.63, 3.8) is 0 Å². The van der Waals surface area contributed by atoms with Crippen LogP contribution < -0.4 is 14.8 Å². The normalized spacial score (nSPS) is 14.2. The minimum Gasteiger partial charge on any atom is -0.486 e. The first-order valence-corrected chi connectivity index (χ1v) is 5.82. The molecule has 4 heteroatoms. The molecular weight excluding hydrogens is 216 g/mol. The fraction of sp³-hybridized carbons (Fsp3) is 0.385. The molecule has 1 N–H and O–H groups in total. The zero-order chi connectivity index (χ0) is 11.8. The first kappa shape index (κ1) is 10.5. The highest BCUT2D eigenvalue weighted by atomic mass is 16.6. The third-order valence-corrected chi connectivity index (χ3v) is 3.10. The maximum Gasteiger partial charge on any atom is 0.163 e. The number of aryl methyl sites for hydroxylation is 1. The molecule has 0 unspecified atom stereocenters. The summed E-state index contributed by atoms with van der Waals surface area (Å²) >= 11 is 0. The average molecular weight is 232 g/mol. The predicted molar refractivity (Wildman–Crippen MR) is 66.7 cm³/mol. The Kier molecular flexibility index (Phi) is 2.44. The molecule has 0 bridgehead atoms. The summed E-state index contributed by atoms with van der Waals surface area (Å²) in [5.41, 5.74) is 2.46. The van der Waals surface area contributed by atoms with E-state index in [4.69, 9.17) is 9.47 Å². The summed E-state index contributed by atoms with van der Waals surface area (Å²) in [5, 5.41) is 4.41. The predicted octanol–water partition coefficient (Wildman–Crippen LogP) is 1.67. The summed E-state index contributed by atoms with van der Waals surface area (Å²) in [7, 11) is 4.01. The molecule has 0 aliphatic carbocycles. The summed E-state index contributed by atoms with van der Waals surface area (Å²) in [6.45, 7) is 2.12. The quantitative estimate of drug-likeness (QED) is 0.855. The standard InChI is InChI=1S/C13H16N2O2/c1-14-7-9-8-15(2)11-6-13-12(5-10(9)11)16-3-4-17-13/h5-6,8,14H,3-4,7H2,1-2H3. The van der Waals surface area contributed by atoms with E-state index < -0.39 is 0 Å². The van der Waals surface area contributed by atoms with E-state index in [1.165, 1.54) is 16.5 Å². The second kappa shape index (κ2) is 3.96. The molecule has 0 saturated carbocycles. The molecule has 0 fully saturated rings. The molecule has 3 rings (SSSR count). The Morgan fingerprint density at radius 3 is 2.65 bits per heavy atom. The van der Waals surface area contributed by atoms with Gasteiger partial charge in [0.25, 0.3) is 0 Å². The van der Waals surface area contributed by atoms with Gasteiger partial charge in [0.05, 0.1) is 5.52 Å². The zero-order valence-corrected chi connectivity index (χ0v) is 10.1. The second-order valence-corrected chi connectivity index (χ2v) is 4.31. The van der Waals surface area contributed by atoms with Crippen LogP contribution in [0, 0.1) is 0 Å². The van der Waals surface area contributed by atoms with E-state index in [1.807, 2.05) is 7.05 Å². The van der Waals surface area contributed by atoms with Crippen LogP contribution in [0.4, 0.5) is 0 Å². The van der Waals surface area contributed by atoms with Crippen molar-refractivity contribution < 1.29 is 9.47 Å². The zero-order valence-electron chi connectivity index (χ0n) is 10.1. The van der Waals surface area contributed by atoms with Crippen LogP contribution in [0.5, 0.6) is 11.5 Å². The molecular formula is C13H16N2O2. The van der Waals surface area contributed by atoms with Crippen molar-refractivity contribution in [2.45, 2.75) is 6.54 Å². The lowest BCUT2D eigenvalue weighted by Crippen LogP contribution is -2.15. The van der Waals surface area contributed by atoms with E-state index in [2.05, 4.69) is 35.3 Å². The molecule has 2 aromatic rings. The van der Waals surface area contributed by atoms with Gasteiger partial charge in [-0.15, -0.1) is 0 Å². The molecule has 0 amide bonds. The highest BCUT2D eigenvalue weighted by Gasteiger charge is 2.15. The Morgan fingerprint density at radius 2 is 1.94 bits per heavy atom. The molecule has 2 heterocycles. The van der Waals surface area contributed by atoms with E-state index in [-0.39, 0.29) is 0 Å². The van der Waals surface area contributed by atoms with Crippen molar-refractivity contribution in [2.75, 3.05) is 20.3 Å². The van der Waals surface area contributed by atoms with E-state index in [1.54, 1.807) is 0 Å². The van der Waals surface area contributed by atoms with E-state index in [0.29, 0.717) is 13.2 Å². The second-order valence-electron chi connectivity index (χ2n) is 4.31. The van der Waals surface area contributed by atoms with Gasteiger partial charge in [0.15, 0.2) is 11.5 Å². The van der Waals surface area contributed by atoms with Crippen molar-refractivity contribution in [2.24, 2.45) is 7.05 Å². The molecule has 1 aliphatic rings. The van der Waals surface area contributed by atoms with Crippen LogP contribution in [0.3, 0.4) is 0 Å². The first-order valence-electron chi connectivity index (χ1n) is 5.82. The smallest absolute Gasteiger partial charge is 0.163 e. The van der Waals surface area contributed by atoms with Gasteiger partial charge in [-0.3, -0.25) is 0 Å². The van der Waals surface area contributed by atoms with Crippen molar-refractivity contribution in [3.05, 3.63) is 23.9 Å². The van der Waals surface area contributed by atoms with E-state index in [9.17, 15) is 0 Å². The van der Waals surface area contributed by atoms with Gasteiger partial charge in [-0.2, -0.15) is 0 Å². The van der Waals surface area contributed by atoms with Crippen LogP contribution >= 0.6 is 0 Å². The van der Waals surface area contributed by atoms with Crippen LogP contribution in [-0.4, -0.2) is 24.8 Å². The van der Waals surface area contributed by atoms with Gasteiger partial charge in [-0.05, 0) is 18.7 Å². The third kappa shape index (κ3) is 1.65. The van der Waals surface area contributed by atoms with E-state index in [0.717, 1.165) is 18.0 Å². The largest absolute Gasteiger partial charge is 0.486 e. The number of nitrogens with one attached hydrogen (secondary N) is 1. The van der Waals surface area contributed by atoms with Gasteiger partial charge in [0, 0.05) is 31.2 Å². The molecule has 0 radical (unpaired) electrons. The molecule has 1 aromatic heterocycles. The third-order valence-electron chi connectivity index (χ3n) is 3.10. The molecule has 17 heavy (non-hydrogen) atoms. The molecule has 0 saturated heterocycles. The lowest BCUT2D eigenvalue weighted by atomic mass is 10.1. The van der Waals surface area contributed by atoms with Crippen molar-refractivity contribution >= 4 is 10.9 Å². The first-order chi connectivity index (χ1) is 8.29. The SMILES string of the molecule is CNCc1cn(C)c2cc3c(cc12)OCCO3. The minimum atomic E-state index is 0.631. The fourth-order valence-corrected chi connectivity index (χ4v) is 2.33. The van der Waals surface area contributed by atoms with Crippen LogP contribution in [-0.2, 0) is 13.6 Å². The lowest BCUT2D eigenvalue weighted by Gasteiger charge is -2.18. The Balaban J connectivity index is 2.20. The van der Waals surface area contributed by atoms with E-state index >= 15 is 0 Å². The molecule has 1 aliphatic heterocycles. The number of benzene rings is 1. The number of hydrogen-bond acceptors (Lipinski definition) is 3. The van der Waals surface area contributed by atoms with Gasteiger partial charge in [-0.1, -0.05) is 0 Å². The molecule has 0 atom stereocenters. The molecule has 1 aromatic carbocycles. The number of hydrogen-bond donors (Lipinski definition) is 1. The summed E-state index contributed by atoms with van der Waals surface area (Å²) in [6, 6.07) is 4.14.